The van der Waals surface area contributed by atoms with E-state index in [0.29, 0.717) is 5.89 Å². The van der Waals surface area contributed by atoms with Crippen LogP contribution in [0.25, 0.3) is 11.5 Å². The zero-order valence-electron chi connectivity index (χ0n) is 10.8. The van der Waals surface area contributed by atoms with Crippen molar-refractivity contribution < 1.29 is 14.1 Å². The Morgan fingerprint density at radius 2 is 1.83 bits per heavy atom. The molecule has 0 spiro atoms. The zero-order valence-corrected chi connectivity index (χ0v) is 10.8. The van der Waals surface area contributed by atoms with Gasteiger partial charge in [-0.05, 0) is 37.1 Å². The standard InChI is InChI=1S/C13H14N2O3/c1-7-5-8(2)10(9(3)6-7)12-14-11(15-18-12)13(16)17-4/h5-6H,1-4H3. The van der Waals surface area contributed by atoms with Crippen molar-refractivity contribution in [3.8, 4) is 11.5 Å². The SMILES string of the molecule is COC(=O)c1noc(-c2c(C)cc(C)cc2C)n1. The quantitative estimate of drug-likeness (QED) is 0.761. The number of carbonyl (C=O) groups is 1. The van der Waals surface area contributed by atoms with Crippen LogP contribution in [0.4, 0.5) is 0 Å². The Balaban J connectivity index is 2.49. The summed E-state index contributed by atoms with van der Waals surface area (Å²) < 4.78 is 9.65. The second kappa shape index (κ2) is 4.60. The normalized spacial score (nSPS) is 10.4. The number of esters is 1. The number of nitrogens with zero attached hydrogens (tertiary/aromatic N) is 2. The maximum atomic E-state index is 11.3. The molecule has 2 rings (SSSR count). The van der Waals surface area contributed by atoms with E-state index in [9.17, 15) is 4.79 Å². The first-order chi connectivity index (χ1) is 8.52. The van der Waals surface area contributed by atoms with Gasteiger partial charge in [0.1, 0.15) is 0 Å². The molecule has 5 heteroatoms. The Labute approximate surface area is 105 Å². The lowest BCUT2D eigenvalue weighted by Gasteiger charge is -2.06. The molecule has 18 heavy (non-hydrogen) atoms. The van der Waals surface area contributed by atoms with Gasteiger partial charge in [0.15, 0.2) is 0 Å². The second-order valence-corrected chi connectivity index (χ2v) is 4.19. The second-order valence-electron chi connectivity index (χ2n) is 4.19. The average Bonchev–Trinajstić information content (AvgIpc) is 2.76. The number of rotatable bonds is 2. The molecule has 0 aliphatic rings. The summed E-state index contributed by atoms with van der Waals surface area (Å²) in [5, 5.41) is 3.61. The number of hydrogen-bond donors (Lipinski definition) is 0. The van der Waals surface area contributed by atoms with Crippen LogP contribution in [0.15, 0.2) is 16.7 Å². The number of hydrogen-bond acceptors (Lipinski definition) is 5. The van der Waals surface area contributed by atoms with Gasteiger partial charge in [0, 0.05) is 5.56 Å². The van der Waals surface area contributed by atoms with Crippen LogP contribution in [0.5, 0.6) is 0 Å². The smallest absolute Gasteiger partial charge is 0.379 e. The molecular weight excluding hydrogens is 232 g/mol. The Morgan fingerprint density at radius 3 is 2.39 bits per heavy atom. The molecule has 0 saturated carbocycles. The van der Waals surface area contributed by atoms with E-state index >= 15 is 0 Å². The van der Waals surface area contributed by atoms with Crippen molar-refractivity contribution in [3.05, 3.63) is 34.6 Å². The first kappa shape index (κ1) is 12.3. The third-order valence-corrected chi connectivity index (χ3v) is 2.68. The van der Waals surface area contributed by atoms with Crippen molar-refractivity contribution in [1.82, 2.24) is 10.1 Å². The molecule has 1 aromatic carbocycles. The largest absolute Gasteiger partial charge is 0.463 e. The molecule has 0 fully saturated rings. The van der Waals surface area contributed by atoms with Gasteiger partial charge in [0.25, 0.3) is 11.7 Å². The van der Waals surface area contributed by atoms with E-state index in [1.807, 2.05) is 32.9 Å². The predicted molar refractivity (Wildman–Crippen MR) is 65.3 cm³/mol. The Hall–Kier alpha value is -2.17. The van der Waals surface area contributed by atoms with Gasteiger partial charge in [0.05, 0.1) is 7.11 Å². The van der Waals surface area contributed by atoms with Crippen LogP contribution in [0.1, 0.15) is 27.3 Å². The minimum atomic E-state index is -0.604. The molecule has 0 unspecified atom stereocenters. The average molecular weight is 246 g/mol. The zero-order chi connectivity index (χ0) is 13.3. The van der Waals surface area contributed by atoms with Crippen LogP contribution in [-0.2, 0) is 4.74 Å². The Kier molecular flexibility index (Phi) is 3.14. The van der Waals surface area contributed by atoms with Crippen LogP contribution in [0, 0.1) is 20.8 Å². The fraction of sp³-hybridized carbons (Fsp3) is 0.308. The summed E-state index contributed by atoms with van der Waals surface area (Å²) in [5.41, 5.74) is 4.10. The van der Waals surface area contributed by atoms with Crippen molar-refractivity contribution >= 4 is 5.97 Å². The van der Waals surface area contributed by atoms with Gasteiger partial charge >= 0.3 is 5.97 Å². The van der Waals surface area contributed by atoms with Crippen LogP contribution < -0.4 is 0 Å². The van der Waals surface area contributed by atoms with Crippen LogP contribution >= 0.6 is 0 Å². The highest BCUT2D eigenvalue weighted by Gasteiger charge is 2.18. The molecule has 0 amide bonds. The molecule has 0 saturated heterocycles. The highest BCUT2D eigenvalue weighted by atomic mass is 16.5. The van der Waals surface area contributed by atoms with Gasteiger partial charge in [-0.25, -0.2) is 4.79 Å². The number of carbonyl (C=O) groups excluding carboxylic acids is 1. The van der Waals surface area contributed by atoms with Gasteiger partial charge < -0.3 is 9.26 Å². The molecule has 0 aliphatic carbocycles. The molecule has 0 N–H and O–H groups in total. The fourth-order valence-electron chi connectivity index (χ4n) is 2.02. The van der Waals surface area contributed by atoms with Gasteiger partial charge in [-0.2, -0.15) is 4.98 Å². The van der Waals surface area contributed by atoms with E-state index in [0.717, 1.165) is 16.7 Å². The van der Waals surface area contributed by atoms with Crippen LogP contribution in [0.2, 0.25) is 0 Å². The van der Waals surface area contributed by atoms with Crippen molar-refractivity contribution in [2.75, 3.05) is 7.11 Å². The first-order valence-corrected chi connectivity index (χ1v) is 5.53. The third kappa shape index (κ3) is 2.11. The number of ether oxygens (including phenoxy) is 1. The molecule has 0 atom stereocenters. The predicted octanol–water partition coefficient (Wildman–Crippen LogP) is 2.45. The number of aryl methyl sites for hydroxylation is 3. The lowest BCUT2D eigenvalue weighted by atomic mass is 10.00. The summed E-state index contributed by atoms with van der Waals surface area (Å²) in [6.45, 7) is 5.96. The first-order valence-electron chi connectivity index (χ1n) is 5.53. The lowest BCUT2D eigenvalue weighted by molar-refractivity contribution is 0.0583. The van der Waals surface area contributed by atoms with Crippen LogP contribution in [-0.4, -0.2) is 23.2 Å². The maximum Gasteiger partial charge on any atom is 0.379 e. The van der Waals surface area contributed by atoms with Crippen molar-refractivity contribution in [1.29, 1.82) is 0 Å². The van der Waals surface area contributed by atoms with Gasteiger partial charge in [-0.1, -0.05) is 17.7 Å². The Morgan fingerprint density at radius 1 is 1.22 bits per heavy atom. The van der Waals surface area contributed by atoms with Gasteiger partial charge in [-0.3, -0.25) is 0 Å². The topological polar surface area (TPSA) is 65.2 Å². The summed E-state index contributed by atoms with van der Waals surface area (Å²) in [4.78, 5) is 15.3. The monoisotopic (exact) mass is 246 g/mol. The molecule has 94 valence electrons. The van der Waals surface area contributed by atoms with Crippen molar-refractivity contribution in [3.63, 3.8) is 0 Å². The number of methoxy groups -OCH3 is 1. The summed E-state index contributed by atoms with van der Waals surface area (Å²) in [6.07, 6.45) is 0. The molecule has 1 heterocycles. The molecule has 1 aromatic heterocycles. The molecular formula is C13H14N2O3. The van der Waals surface area contributed by atoms with Crippen molar-refractivity contribution in [2.45, 2.75) is 20.8 Å². The van der Waals surface area contributed by atoms with E-state index in [1.165, 1.54) is 12.7 Å². The third-order valence-electron chi connectivity index (χ3n) is 2.68. The van der Waals surface area contributed by atoms with E-state index in [2.05, 4.69) is 14.9 Å². The lowest BCUT2D eigenvalue weighted by Crippen LogP contribution is -2.03. The number of aromatic nitrogens is 2. The number of benzene rings is 1. The minimum absolute atomic E-state index is 0.0631. The molecule has 0 bridgehead atoms. The van der Waals surface area contributed by atoms with E-state index in [1.54, 1.807) is 0 Å². The maximum absolute atomic E-state index is 11.3. The highest BCUT2D eigenvalue weighted by Crippen LogP contribution is 2.26. The summed E-state index contributed by atoms with van der Waals surface area (Å²) in [7, 11) is 1.28. The van der Waals surface area contributed by atoms with Crippen LogP contribution in [0.3, 0.4) is 0 Å². The van der Waals surface area contributed by atoms with E-state index in [-0.39, 0.29) is 5.82 Å². The summed E-state index contributed by atoms with van der Waals surface area (Å²) in [6, 6.07) is 4.06. The van der Waals surface area contributed by atoms with E-state index < -0.39 is 5.97 Å². The Bertz CT molecular complexity index is 579. The molecule has 2 aromatic rings. The summed E-state index contributed by atoms with van der Waals surface area (Å²) in [5.74, 6) is -0.329. The van der Waals surface area contributed by atoms with Crippen molar-refractivity contribution in [2.24, 2.45) is 0 Å². The van der Waals surface area contributed by atoms with Gasteiger partial charge in [-0.15, -0.1) is 0 Å². The fourth-order valence-corrected chi connectivity index (χ4v) is 2.02. The highest BCUT2D eigenvalue weighted by molar-refractivity contribution is 5.85. The van der Waals surface area contributed by atoms with Gasteiger partial charge in [0.2, 0.25) is 0 Å². The minimum Gasteiger partial charge on any atom is -0.463 e. The molecule has 0 aliphatic heterocycles. The van der Waals surface area contributed by atoms with E-state index in [4.69, 9.17) is 4.52 Å². The summed E-state index contributed by atoms with van der Waals surface area (Å²) >= 11 is 0. The molecule has 0 radical (unpaired) electrons. The molecule has 5 nitrogen and oxygen atoms in total.